The molecular formula is C22H30O3. The highest BCUT2D eigenvalue weighted by molar-refractivity contribution is 5.92. The minimum absolute atomic E-state index is 0.00316. The lowest BCUT2D eigenvalue weighted by Crippen LogP contribution is -2.54. The summed E-state index contributed by atoms with van der Waals surface area (Å²) in [5.41, 5.74) is 0.870. The molecule has 0 amide bonds. The van der Waals surface area contributed by atoms with E-state index in [1.807, 2.05) is 6.08 Å². The fourth-order valence-electron chi connectivity index (χ4n) is 8.18. The van der Waals surface area contributed by atoms with E-state index >= 15 is 0 Å². The molecule has 3 nitrogen and oxygen atoms in total. The molecule has 0 radical (unpaired) electrons. The first-order chi connectivity index (χ1) is 11.7. The normalized spacial score (nSPS) is 56.2. The number of hydrogen-bond donors (Lipinski definition) is 0. The van der Waals surface area contributed by atoms with Crippen molar-refractivity contribution in [2.24, 2.45) is 28.6 Å². The van der Waals surface area contributed by atoms with Crippen LogP contribution in [0.2, 0.25) is 0 Å². The van der Waals surface area contributed by atoms with Crippen LogP contribution in [0.5, 0.6) is 0 Å². The van der Waals surface area contributed by atoms with Crippen LogP contribution < -0.4 is 0 Å². The summed E-state index contributed by atoms with van der Waals surface area (Å²) in [6, 6.07) is 0. The van der Waals surface area contributed by atoms with E-state index in [-0.39, 0.29) is 22.2 Å². The van der Waals surface area contributed by atoms with Crippen LogP contribution in [0.1, 0.15) is 72.6 Å². The number of allylic oxidation sites excluding steroid dienone is 1. The lowest BCUT2D eigenvalue weighted by molar-refractivity contribution is -0.137. The average molecular weight is 342 g/mol. The summed E-state index contributed by atoms with van der Waals surface area (Å²) >= 11 is 0. The number of rotatable bonds is 1. The standard InChI is InChI=1S/C22H30O3/c1-13(23)22-20(3)10-8-17-16(18(20)12-21(22,4)25-22)6-5-14-11-15(24)7-9-19(14,17)2/h11,16-18H,5-10,12H2,1-4H3/t16-,17-,18-,19+,20+,21+,22-/m1/s1. The van der Waals surface area contributed by atoms with Gasteiger partial charge in [0, 0.05) is 11.8 Å². The van der Waals surface area contributed by atoms with Crippen molar-refractivity contribution < 1.29 is 14.3 Å². The summed E-state index contributed by atoms with van der Waals surface area (Å²) in [7, 11) is 0. The Kier molecular flexibility index (Phi) is 2.90. The maximum absolute atomic E-state index is 12.6. The van der Waals surface area contributed by atoms with E-state index < -0.39 is 5.60 Å². The van der Waals surface area contributed by atoms with Crippen molar-refractivity contribution in [3.8, 4) is 0 Å². The highest BCUT2D eigenvalue weighted by Gasteiger charge is 2.85. The van der Waals surface area contributed by atoms with E-state index in [0.29, 0.717) is 30.0 Å². The fraction of sp³-hybridized carbons (Fsp3) is 0.818. The molecule has 1 aliphatic heterocycles. The van der Waals surface area contributed by atoms with Crippen LogP contribution in [0, 0.1) is 28.6 Å². The van der Waals surface area contributed by atoms with Crippen molar-refractivity contribution in [2.45, 2.75) is 83.8 Å². The maximum Gasteiger partial charge on any atom is 0.165 e. The second-order valence-corrected chi connectivity index (χ2v) is 10.2. The van der Waals surface area contributed by atoms with Crippen LogP contribution in [0.3, 0.4) is 0 Å². The Hall–Kier alpha value is -0.960. The highest BCUT2D eigenvalue weighted by Crippen LogP contribution is 2.77. The second-order valence-electron chi connectivity index (χ2n) is 10.2. The van der Waals surface area contributed by atoms with Crippen molar-refractivity contribution in [3.05, 3.63) is 11.6 Å². The van der Waals surface area contributed by atoms with Crippen molar-refractivity contribution in [2.75, 3.05) is 0 Å². The quantitative estimate of drug-likeness (QED) is 0.670. The third-order valence-corrected chi connectivity index (χ3v) is 9.34. The van der Waals surface area contributed by atoms with Gasteiger partial charge in [0.05, 0.1) is 0 Å². The zero-order chi connectivity index (χ0) is 17.8. The molecule has 5 aliphatic rings. The van der Waals surface area contributed by atoms with Gasteiger partial charge in [-0.25, -0.2) is 0 Å². The molecule has 0 bridgehead atoms. The highest BCUT2D eigenvalue weighted by atomic mass is 16.6. The molecule has 0 N–H and O–H groups in total. The minimum Gasteiger partial charge on any atom is -0.354 e. The largest absolute Gasteiger partial charge is 0.354 e. The predicted molar refractivity (Wildman–Crippen MR) is 95.0 cm³/mol. The minimum atomic E-state index is -0.519. The van der Waals surface area contributed by atoms with E-state index in [9.17, 15) is 9.59 Å². The van der Waals surface area contributed by atoms with Gasteiger partial charge in [-0.15, -0.1) is 0 Å². The van der Waals surface area contributed by atoms with E-state index in [4.69, 9.17) is 4.74 Å². The molecule has 7 atom stereocenters. The molecule has 4 aliphatic carbocycles. The smallest absolute Gasteiger partial charge is 0.165 e. The Balaban J connectivity index is 1.54. The molecule has 0 aromatic heterocycles. The lowest BCUT2D eigenvalue weighted by atomic mass is 9.46. The Morgan fingerprint density at radius 2 is 1.88 bits per heavy atom. The van der Waals surface area contributed by atoms with Crippen LogP contribution in [0.25, 0.3) is 0 Å². The first-order valence-corrected chi connectivity index (χ1v) is 10.1. The van der Waals surface area contributed by atoms with Crippen LogP contribution in [-0.2, 0) is 14.3 Å². The van der Waals surface area contributed by atoms with Gasteiger partial charge >= 0.3 is 0 Å². The molecule has 136 valence electrons. The van der Waals surface area contributed by atoms with Crippen molar-refractivity contribution in [3.63, 3.8) is 0 Å². The summed E-state index contributed by atoms with van der Waals surface area (Å²) in [4.78, 5) is 24.5. The van der Waals surface area contributed by atoms with Gasteiger partial charge in [-0.05, 0) is 81.6 Å². The molecule has 0 aromatic carbocycles. The van der Waals surface area contributed by atoms with Crippen LogP contribution in [0.15, 0.2) is 11.6 Å². The average Bonchev–Trinajstić information content (AvgIpc) is 3.13. The number of epoxide rings is 1. The number of fused-ring (bicyclic) bond motifs is 7. The van der Waals surface area contributed by atoms with E-state index in [1.165, 1.54) is 18.4 Å². The van der Waals surface area contributed by atoms with Crippen LogP contribution in [0.4, 0.5) is 0 Å². The molecule has 4 fully saturated rings. The molecule has 3 heteroatoms. The maximum atomic E-state index is 12.6. The third-order valence-electron chi connectivity index (χ3n) is 9.34. The van der Waals surface area contributed by atoms with Gasteiger partial charge in [-0.2, -0.15) is 0 Å². The van der Waals surface area contributed by atoms with Gasteiger partial charge in [-0.3, -0.25) is 9.59 Å². The number of carbonyl (C=O) groups is 2. The SMILES string of the molecule is CC(=O)[C@]12O[C@@]1(C)C[C@@H]1[C@@H]3CCC4=CC(=O)CC[C@]4(C)[C@@H]3CC[C@@]12C. The summed E-state index contributed by atoms with van der Waals surface area (Å²) < 4.78 is 6.18. The molecule has 5 rings (SSSR count). The summed E-state index contributed by atoms with van der Waals surface area (Å²) in [5.74, 6) is 2.50. The monoisotopic (exact) mass is 342 g/mol. The fourth-order valence-corrected chi connectivity index (χ4v) is 8.18. The van der Waals surface area contributed by atoms with Crippen molar-refractivity contribution in [1.29, 1.82) is 0 Å². The molecule has 1 heterocycles. The van der Waals surface area contributed by atoms with Crippen molar-refractivity contribution >= 4 is 11.6 Å². The first-order valence-electron chi connectivity index (χ1n) is 10.1. The van der Waals surface area contributed by atoms with Gasteiger partial charge in [0.1, 0.15) is 5.60 Å². The molecule has 3 saturated carbocycles. The van der Waals surface area contributed by atoms with Gasteiger partial charge in [-0.1, -0.05) is 19.4 Å². The van der Waals surface area contributed by atoms with Gasteiger partial charge < -0.3 is 4.74 Å². The van der Waals surface area contributed by atoms with Crippen LogP contribution in [-0.4, -0.2) is 22.8 Å². The second kappa shape index (κ2) is 4.47. The zero-order valence-corrected chi connectivity index (χ0v) is 16.0. The molecule has 1 saturated heterocycles. The van der Waals surface area contributed by atoms with E-state index in [1.54, 1.807) is 6.92 Å². The summed E-state index contributed by atoms with van der Waals surface area (Å²) in [5, 5.41) is 0. The lowest BCUT2D eigenvalue weighted by Gasteiger charge is -2.58. The van der Waals surface area contributed by atoms with Gasteiger partial charge in [0.2, 0.25) is 0 Å². The molecular weight excluding hydrogens is 312 g/mol. The third kappa shape index (κ3) is 1.63. The first kappa shape index (κ1) is 16.2. The van der Waals surface area contributed by atoms with Crippen LogP contribution >= 0.6 is 0 Å². The zero-order valence-electron chi connectivity index (χ0n) is 16.0. The Bertz CT molecular complexity index is 723. The molecule has 0 spiro atoms. The number of ether oxygens (including phenoxy) is 1. The Morgan fingerprint density at radius 3 is 2.60 bits per heavy atom. The number of hydrogen-bond acceptors (Lipinski definition) is 3. The number of Topliss-reactive ketones (excluding diaryl/α,β-unsaturated/α-hetero) is 1. The molecule has 0 aromatic rings. The van der Waals surface area contributed by atoms with E-state index in [0.717, 1.165) is 25.7 Å². The Labute approximate surface area is 150 Å². The van der Waals surface area contributed by atoms with Crippen molar-refractivity contribution in [1.82, 2.24) is 0 Å². The van der Waals surface area contributed by atoms with Gasteiger partial charge in [0.25, 0.3) is 0 Å². The summed E-state index contributed by atoms with van der Waals surface area (Å²) in [6.45, 7) is 8.66. The molecule has 25 heavy (non-hydrogen) atoms. The van der Waals surface area contributed by atoms with E-state index in [2.05, 4.69) is 20.8 Å². The molecule has 0 unspecified atom stereocenters. The topological polar surface area (TPSA) is 46.7 Å². The summed E-state index contributed by atoms with van der Waals surface area (Å²) in [6.07, 6.45) is 9.26. The Morgan fingerprint density at radius 1 is 1.12 bits per heavy atom. The number of carbonyl (C=O) groups excluding carboxylic acids is 2. The van der Waals surface area contributed by atoms with Gasteiger partial charge in [0.15, 0.2) is 17.2 Å². The number of ketones is 2. The predicted octanol–water partition coefficient (Wildman–Crippen LogP) is 4.24.